The maximum atomic E-state index is 7.12. The van der Waals surface area contributed by atoms with Gasteiger partial charge in [0.1, 0.15) is 20.6 Å². The van der Waals surface area contributed by atoms with E-state index in [4.69, 9.17) is 33.7 Å². The van der Waals surface area contributed by atoms with E-state index in [1.54, 1.807) is 0 Å². The molecule has 1 aromatic carbocycles. The van der Waals surface area contributed by atoms with Gasteiger partial charge in [-0.3, -0.25) is 0 Å². The van der Waals surface area contributed by atoms with Crippen LogP contribution in [0.3, 0.4) is 0 Å². The molecule has 30 heavy (non-hydrogen) atoms. The summed E-state index contributed by atoms with van der Waals surface area (Å²) in [4.78, 5) is 0. The van der Waals surface area contributed by atoms with Gasteiger partial charge in [-0.05, 0) is 25.1 Å². The van der Waals surface area contributed by atoms with Crippen LogP contribution in [0.15, 0.2) is 24.3 Å². The molecule has 1 aromatic rings. The Balaban J connectivity index is 0.00000263. The zero-order valence-corrected chi connectivity index (χ0v) is 21.8. The summed E-state index contributed by atoms with van der Waals surface area (Å²) in [6.07, 6.45) is 0. The van der Waals surface area contributed by atoms with Gasteiger partial charge in [-0.1, -0.05) is 51.4 Å². The van der Waals surface area contributed by atoms with Gasteiger partial charge in [-0.2, -0.15) is 0 Å². The van der Waals surface area contributed by atoms with Gasteiger partial charge in [0.25, 0.3) is 0 Å². The quantitative estimate of drug-likeness (QED) is 0.250. The second-order valence-corrected chi connectivity index (χ2v) is 19.8. The van der Waals surface area contributed by atoms with Crippen LogP contribution in [0.1, 0.15) is 6.92 Å². The molecule has 0 aromatic heterocycles. The van der Waals surface area contributed by atoms with Gasteiger partial charge in [0.05, 0.1) is 6.61 Å². The minimum Gasteiger partial charge on any atom is -0.487 e. The lowest BCUT2D eigenvalue weighted by molar-refractivity contribution is -0.0972. The molecule has 0 radical (unpaired) electrons. The lowest BCUT2D eigenvalue weighted by atomic mass is 10.3. The van der Waals surface area contributed by atoms with Crippen molar-refractivity contribution in [2.45, 2.75) is 58.2 Å². The van der Waals surface area contributed by atoms with E-state index in [0.717, 1.165) is 12.7 Å². The first kappa shape index (κ1) is 29.1. The van der Waals surface area contributed by atoms with Crippen molar-refractivity contribution < 1.29 is 33.7 Å². The molecule has 0 amide bonds. The Labute approximate surface area is 185 Å². The van der Waals surface area contributed by atoms with Crippen molar-refractivity contribution in [1.82, 2.24) is 0 Å². The van der Waals surface area contributed by atoms with E-state index in [1.807, 2.05) is 31.2 Å². The first-order valence-corrected chi connectivity index (χ1v) is 17.7. The first-order valence-electron chi connectivity index (χ1n) is 10.4. The molecule has 2 N–H and O–H groups in total. The van der Waals surface area contributed by atoms with Crippen molar-refractivity contribution in [3.8, 4) is 11.5 Å². The van der Waals surface area contributed by atoms with Gasteiger partial charge in [0.2, 0.25) is 0 Å². The van der Waals surface area contributed by atoms with Crippen LogP contribution >= 0.6 is 0 Å². The summed E-state index contributed by atoms with van der Waals surface area (Å²) in [6, 6.07) is 8.78. The summed E-state index contributed by atoms with van der Waals surface area (Å²) in [6.45, 7) is 18.3. The van der Waals surface area contributed by atoms with Crippen molar-refractivity contribution in [1.29, 1.82) is 0 Å². The van der Waals surface area contributed by atoms with E-state index < -0.39 is 23.8 Å². The highest BCUT2D eigenvalue weighted by molar-refractivity contribution is 6.77. The maximum absolute atomic E-state index is 7.12. The summed E-state index contributed by atoms with van der Waals surface area (Å²) in [7, 11) is -3.35. The Bertz CT molecular complexity index is 551. The van der Waals surface area contributed by atoms with Crippen LogP contribution < -0.4 is 9.47 Å². The second kappa shape index (κ2) is 15.9. The van der Waals surface area contributed by atoms with E-state index in [1.165, 1.54) is 0 Å². The number of hydrogen-bond donors (Lipinski definition) is 2. The topological polar surface area (TPSA) is 86.6 Å². The number of benzene rings is 1. The van der Waals surface area contributed by atoms with Gasteiger partial charge in [0, 0.05) is 21.3 Å². The van der Waals surface area contributed by atoms with Crippen LogP contribution in [0.4, 0.5) is 0 Å². The molecule has 1 unspecified atom stereocenters. The molecule has 7 nitrogen and oxygen atoms in total. The molecule has 0 saturated heterocycles. The largest absolute Gasteiger partial charge is 0.487 e. The van der Waals surface area contributed by atoms with Crippen LogP contribution in [0.25, 0.3) is 0 Å². The van der Waals surface area contributed by atoms with Crippen molar-refractivity contribution in [3.63, 3.8) is 0 Å². The summed E-state index contributed by atoms with van der Waals surface area (Å²) in [5.41, 5.74) is 0. The van der Waals surface area contributed by atoms with E-state index in [9.17, 15) is 0 Å². The smallest absolute Gasteiger partial charge is 0.432 e. The lowest BCUT2D eigenvalue weighted by Crippen LogP contribution is -2.43. The summed E-state index contributed by atoms with van der Waals surface area (Å²) in [5, 5.41) is 14.2. The van der Waals surface area contributed by atoms with Crippen LogP contribution in [-0.4, -0.2) is 73.0 Å². The molecular formula is C20H41BO7Si2. The van der Waals surface area contributed by atoms with Crippen molar-refractivity contribution >= 4 is 23.8 Å². The van der Waals surface area contributed by atoms with Gasteiger partial charge < -0.3 is 33.7 Å². The fourth-order valence-corrected chi connectivity index (χ4v) is 4.28. The van der Waals surface area contributed by atoms with Gasteiger partial charge in [-0.25, -0.2) is 0 Å². The molecular weight excluding hydrogens is 419 g/mol. The van der Waals surface area contributed by atoms with E-state index >= 15 is 0 Å². The fraction of sp³-hybridized carbons (Fsp3) is 0.700. The third-order valence-corrected chi connectivity index (χ3v) is 7.23. The molecule has 0 aliphatic rings. The standard InChI is InChI=1S/C20H38O5Si2.BH3O2/c1-8-22-20(27(5,6)7)24-14-13-23-18-11-9-10-12-19(18)25-17-21-15-16-26(2,3)4;2-1-3/h9-12,20H,8,13-17H2,1-7H3;1-3H. The number of hydrogen-bond acceptors (Lipinski definition) is 7. The highest BCUT2D eigenvalue weighted by atomic mass is 28.3. The van der Waals surface area contributed by atoms with Crippen LogP contribution in [0.2, 0.25) is 45.3 Å². The predicted molar refractivity (Wildman–Crippen MR) is 128 cm³/mol. The molecule has 0 heterocycles. The SMILES string of the molecule is CCOC(OCCOc1ccccc1OCOCC[Si](C)(C)C)[Si](C)(C)C.OBO. The average Bonchev–Trinajstić information content (AvgIpc) is 2.64. The summed E-state index contributed by atoms with van der Waals surface area (Å²) < 4.78 is 28.8. The molecule has 1 rings (SSSR count). The monoisotopic (exact) mass is 460 g/mol. The highest BCUT2D eigenvalue weighted by Gasteiger charge is 2.28. The van der Waals surface area contributed by atoms with Gasteiger partial charge in [-0.15, -0.1) is 0 Å². The highest BCUT2D eigenvalue weighted by Crippen LogP contribution is 2.26. The minimum atomic E-state index is -1.53. The number of rotatable bonds is 14. The molecule has 1 atom stereocenters. The normalized spacial score (nSPS) is 12.6. The molecule has 174 valence electrons. The zero-order valence-electron chi connectivity index (χ0n) is 19.8. The Morgan fingerprint density at radius 2 is 1.43 bits per heavy atom. The zero-order chi connectivity index (χ0) is 23.0. The van der Waals surface area contributed by atoms with Gasteiger partial charge in [0.15, 0.2) is 18.3 Å². The molecule has 0 fully saturated rings. The van der Waals surface area contributed by atoms with E-state index in [0.29, 0.717) is 31.3 Å². The predicted octanol–water partition coefficient (Wildman–Crippen LogP) is 3.25. The van der Waals surface area contributed by atoms with Crippen molar-refractivity contribution in [2.75, 3.05) is 33.2 Å². The molecule has 0 spiro atoms. The molecule has 0 aliphatic carbocycles. The summed E-state index contributed by atoms with van der Waals surface area (Å²) >= 11 is 0. The maximum Gasteiger partial charge on any atom is 0.432 e. The molecule has 10 heteroatoms. The molecule has 0 saturated carbocycles. The van der Waals surface area contributed by atoms with Crippen molar-refractivity contribution in [2.24, 2.45) is 0 Å². The Morgan fingerprint density at radius 1 is 0.867 bits per heavy atom. The van der Waals surface area contributed by atoms with Crippen LogP contribution in [-0.2, 0) is 14.2 Å². The molecule has 0 bridgehead atoms. The first-order chi connectivity index (χ1) is 14.0. The second-order valence-electron chi connectivity index (χ2n) is 8.94. The Hall–Kier alpha value is -0.881. The Kier molecular flexibility index (Phi) is 15.4. The molecule has 0 aliphatic heterocycles. The van der Waals surface area contributed by atoms with Gasteiger partial charge >= 0.3 is 7.69 Å². The third-order valence-electron chi connectivity index (χ3n) is 3.78. The third kappa shape index (κ3) is 15.0. The van der Waals surface area contributed by atoms with E-state index in [-0.39, 0.29) is 12.7 Å². The fourth-order valence-electron chi connectivity index (χ4n) is 2.24. The minimum absolute atomic E-state index is 0.114. The lowest BCUT2D eigenvalue weighted by Gasteiger charge is -2.28. The van der Waals surface area contributed by atoms with Crippen LogP contribution in [0.5, 0.6) is 11.5 Å². The number of para-hydroxylation sites is 2. The van der Waals surface area contributed by atoms with Crippen LogP contribution in [0, 0.1) is 0 Å². The summed E-state index contributed by atoms with van der Waals surface area (Å²) in [5.74, 6) is 1.28. The van der Waals surface area contributed by atoms with Crippen molar-refractivity contribution in [3.05, 3.63) is 24.3 Å². The average molecular weight is 461 g/mol. The Morgan fingerprint density at radius 3 is 1.93 bits per heavy atom. The number of ether oxygens (including phenoxy) is 5. The van der Waals surface area contributed by atoms with E-state index in [2.05, 4.69) is 39.3 Å².